The Bertz CT molecular complexity index is 612. The molecule has 2 aromatic rings. The second kappa shape index (κ2) is 7.24. The van der Waals surface area contributed by atoms with Gasteiger partial charge in [-0.2, -0.15) is 0 Å². The first-order chi connectivity index (χ1) is 10.1. The average molecular weight is 309 g/mol. The van der Waals surface area contributed by atoms with Crippen LogP contribution in [0.5, 0.6) is 0 Å². The molecule has 0 bridgehead atoms. The van der Waals surface area contributed by atoms with Gasteiger partial charge in [0.25, 0.3) is 0 Å². The first-order valence-electron chi connectivity index (χ1n) is 6.73. The van der Waals surface area contributed by atoms with E-state index in [2.05, 4.69) is 4.98 Å². The van der Waals surface area contributed by atoms with Crippen LogP contribution in [-0.2, 0) is 11.3 Å². The minimum Gasteiger partial charge on any atom is -0.480 e. The van der Waals surface area contributed by atoms with Gasteiger partial charge in [0.15, 0.2) is 5.76 Å². The van der Waals surface area contributed by atoms with Gasteiger partial charge in [-0.05, 0) is 25.1 Å². The van der Waals surface area contributed by atoms with E-state index in [9.17, 15) is 4.79 Å². The van der Waals surface area contributed by atoms with Gasteiger partial charge >= 0.3 is 5.97 Å². The molecular weight excluding hydrogens is 292 g/mol. The van der Waals surface area contributed by atoms with Gasteiger partial charge in [-0.25, -0.2) is 4.98 Å². The Morgan fingerprint density at radius 1 is 1.48 bits per heavy atom. The summed E-state index contributed by atoms with van der Waals surface area (Å²) < 4.78 is 5.68. The molecular formula is C15H17ClN2O3. The molecule has 1 N–H and O–H groups in total. The Kier molecular flexibility index (Phi) is 5.36. The first kappa shape index (κ1) is 15.5. The highest BCUT2D eigenvalue weighted by atomic mass is 35.5. The molecule has 0 amide bonds. The molecule has 1 heterocycles. The van der Waals surface area contributed by atoms with Crippen molar-refractivity contribution in [3.05, 3.63) is 41.4 Å². The summed E-state index contributed by atoms with van der Waals surface area (Å²) in [6.45, 7) is 3.03. The third-order valence-corrected chi connectivity index (χ3v) is 3.16. The molecule has 21 heavy (non-hydrogen) atoms. The zero-order valence-electron chi connectivity index (χ0n) is 11.8. The van der Waals surface area contributed by atoms with Crippen molar-refractivity contribution in [1.29, 1.82) is 0 Å². The highest BCUT2D eigenvalue weighted by Gasteiger charge is 2.13. The quantitative estimate of drug-likeness (QED) is 0.850. The Morgan fingerprint density at radius 2 is 2.29 bits per heavy atom. The predicted octanol–water partition coefficient (Wildman–Crippen LogP) is 3.29. The van der Waals surface area contributed by atoms with Gasteiger partial charge in [-0.1, -0.05) is 30.7 Å². The summed E-state index contributed by atoms with van der Waals surface area (Å²) >= 11 is 5.95. The van der Waals surface area contributed by atoms with Crippen LogP contribution in [0.3, 0.4) is 0 Å². The number of carboxylic acids is 1. The van der Waals surface area contributed by atoms with E-state index >= 15 is 0 Å². The number of halogens is 1. The van der Waals surface area contributed by atoms with Gasteiger partial charge < -0.3 is 9.52 Å². The first-order valence-corrected chi connectivity index (χ1v) is 7.11. The lowest BCUT2D eigenvalue weighted by Crippen LogP contribution is -2.30. The van der Waals surface area contributed by atoms with Crippen molar-refractivity contribution in [2.24, 2.45) is 0 Å². The van der Waals surface area contributed by atoms with Crippen molar-refractivity contribution in [2.45, 2.75) is 19.9 Å². The summed E-state index contributed by atoms with van der Waals surface area (Å²) in [5.74, 6) is 0.268. The minimum absolute atomic E-state index is 0.0251. The normalized spacial score (nSPS) is 11.0. The highest BCUT2D eigenvalue weighted by molar-refractivity contribution is 6.30. The van der Waals surface area contributed by atoms with Gasteiger partial charge in [0.1, 0.15) is 0 Å². The number of hydrogen-bond donors (Lipinski definition) is 1. The molecule has 0 aliphatic carbocycles. The van der Waals surface area contributed by atoms with Gasteiger partial charge in [0.2, 0.25) is 5.89 Å². The van der Waals surface area contributed by atoms with E-state index in [-0.39, 0.29) is 6.54 Å². The van der Waals surface area contributed by atoms with Crippen LogP contribution < -0.4 is 0 Å². The number of rotatable bonds is 7. The number of hydrogen-bond acceptors (Lipinski definition) is 4. The van der Waals surface area contributed by atoms with E-state index in [1.807, 2.05) is 19.1 Å². The largest absolute Gasteiger partial charge is 0.480 e. The SMILES string of the molecule is CCCN(CC(=O)O)Cc1ncc(-c2cccc(Cl)c2)o1. The van der Waals surface area contributed by atoms with E-state index in [4.69, 9.17) is 21.1 Å². The smallest absolute Gasteiger partial charge is 0.317 e. The number of benzene rings is 1. The number of oxazole rings is 1. The van der Waals surface area contributed by atoms with Crippen LogP contribution in [0.2, 0.25) is 5.02 Å². The number of aliphatic carboxylic acids is 1. The predicted molar refractivity (Wildman–Crippen MR) is 80.2 cm³/mol. The lowest BCUT2D eigenvalue weighted by atomic mass is 10.2. The molecule has 5 nitrogen and oxygen atoms in total. The van der Waals surface area contributed by atoms with E-state index in [1.165, 1.54) is 0 Å². The van der Waals surface area contributed by atoms with Crippen LogP contribution in [0.4, 0.5) is 0 Å². The lowest BCUT2D eigenvalue weighted by Gasteiger charge is -2.16. The molecule has 0 aliphatic heterocycles. The molecule has 0 fully saturated rings. The molecule has 0 atom stereocenters. The number of carbonyl (C=O) groups is 1. The molecule has 0 aliphatic rings. The molecule has 0 unspecified atom stereocenters. The van der Waals surface area contributed by atoms with Crippen molar-refractivity contribution in [2.75, 3.05) is 13.1 Å². The third kappa shape index (κ3) is 4.58. The average Bonchev–Trinajstić information content (AvgIpc) is 2.87. The molecule has 0 radical (unpaired) electrons. The second-order valence-corrected chi connectivity index (χ2v) is 5.17. The molecule has 1 aromatic carbocycles. The second-order valence-electron chi connectivity index (χ2n) is 4.73. The molecule has 6 heteroatoms. The minimum atomic E-state index is -0.856. The van der Waals surface area contributed by atoms with E-state index in [0.717, 1.165) is 12.0 Å². The van der Waals surface area contributed by atoms with E-state index in [1.54, 1.807) is 23.2 Å². The van der Waals surface area contributed by atoms with Crippen LogP contribution in [0.15, 0.2) is 34.9 Å². The molecule has 0 spiro atoms. The fourth-order valence-electron chi connectivity index (χ4n) is 2.07. The third-order valence-electron chi connectivity index (χ3n) is 2.92. The number of carboxylic acid groups (broad SMARTS) is 1. The van der Waals surface area contributed by atoms with Gasteiger partial charge in [0, 0.05) is 10.6 Å². The zero-order valence-corrected chi connectivity index (χ0v) is 12.5. The van der Waals surface area contributed by atoms with Crippen LogP contribution in [0.25, 0.3) is 11.3 Å². The lowest BCUT2D eigenvalue weighted by molar-refractivity contribution is -0.138. The molecule has 112 valence electrons. The van der Waals surface area contributed by atoms with Crippen molar-refractivity contribution in [3.63, 3.8) is 0 Å². The number of nitrogens with zero attached hydrogens (tertiary/aromatic N) is 2. The maximum absolute atomic E-state index is 10.8. The molecule has 0 saturated carbocycles. The topological polar surface area (TPSA) is 66.6 Å². The van der Waals surface area contributed by atoms with Gasteiger partial charge in [-0.3, -0.25) is 9.69 Å². The summed E-state index contributed by atoms with van der Waals surface area (Å²) in [7, 11) is 0. The maximum atomic E-state index is 10.8. The van der Waals surface area contributed by atoms with E-state index < -0.39 is 5.97 Å². The van der Waals surface area contributed by atoms with Crippen LogP contribution in [0, 0.1) is 0 Å². The van der Waals surface area contributed by atoms with Crippen molar-refractivity contribution in [3.8, 4) is 11.3 Å². The Morgan fingerprint density at radius 3 is 2.95 bits per heavy atom. The summed E-state index contributed by atoms with van der Waals surface area (Å²) in [5, 5.41) is 9.52. The fraction of sp³-hybridized carbons (Fsp3) is 0.333. The summed E-state index contributed by atoms with van der Waals surface area (Å²) in [6.07, 6.45) is 2.50. The van der Waals surface area contributed by atoms with Crippen LogP contribution >= 0.6 is 11.6 Å². The monoisotopic (exact) mass is 308 g/mol. The summed E-state index contributed by atoms with van der Waals surface area (Å²) in [5.41, 5.74) is 0.849. The Balaban J connectivity index is 2.10. The van der Waals surface area contributed by atoms with Crippen molar-refractivity contribution < 1.29 is 14.3 Å². The maximum Gasteiger partial charge on any atom is 0.317 e. The molecule has 0 saturated heterocycles. The molecule has 1 aromatic heterocycles. The summed E-state index contributed by atoms with van der Waals surface area (Å²) in [6, 6.07) is 7.32. The van der Waals surface area contributed by atoms with Crippen LogP contribution in [-0.4, -0.2) is 34.0 Å². The van der Waals surface area contributed by atoms with Gasteiger partial charge in [0.05, 0.1) is 19.3 Å². The van der Waals surface area contributed by atoms with Gasteiger partial charge in [-0.15, -0.1) is 0 Å². The number of aromatic nitrogens is 1. The van der Waals surface area contributed by atoms with Crippen molar-refractivity contribution in [1.82, 2.24) is 9.88 Å². The fourth-order valence-corrected chi connectivity index (χ4v) is 2.26. The highest BCUT2D eigenvalue weighted by Crippen LogP contribution is 2.23. The zero-order chi connectivity index (χ0) is 15.2. The standard InChI is InChI=1S/C15H17ClN2O3/c1-2-6-18(10-15(19)20)9-14-17-8-13(21-14)11-4-3-5-12(16)7-11/h3-5,7-8H,2,6,9-10H2,1H3,(H,19,20). The molecule has 2 rings (SSSR count). The Labute approximate surface area is 128 Å². The van der Waals surface area contributed by atoms with Crippen LogP contribution in [0.1, 0.15) is 19.2 Å². The Hall–Kier alpha value is -1.85. The summed E-state index contributed by atoms with van der Waals surface area (Å²) in [4.78, 5) is 16.8. The van der Waals surface area contributed by atoms with Crippen molar-refractivity contribution >= 4 is 17.6 Å². The van der Waals surface area contributed by atoms with E-state index in [0.29, 0.717) is 29.8 Å².